The van der Waals surface area contributed by atoms with Crippen LogP contribution in [0.25, 0.3) is 0 Å². The predicted octanol–water partition coefficient (Wildman–Crippen LogP) is 1.46. The van der Waals surface area contributed by atoms with Gasteiger partial charge in [-0.05, 0) is 25.0 Å². The first kappa shape index (κ1) is 13.9. The highest BCUT2D eigenvalue weighted by atomic mass is 31.1. The van der Waals surface area contributed by atoms with Crippen molar-refractivity contribution in [3.8, 4) is 0 Å². The van der Waals surface area contributed by atoms with Gasteiger partial charge >= 0.3 is 8.25 Å². The summed E-state index contributed by atoms with van der Waals surface area (Å²) in [5.74, 6) is -0.561. The molecule has 0 aliphatic carbocycles. The van der Waals surface area contributed by atoms with Crippen LogP contribution in [0.3, 0.4) is 0 Å². The minimum absolute atomic E-state index is 0.150. The van der Waals surface area contributed by atoms with E-state index in [9.17, 15) is 14.2 Å². The van der Waals surface area contributed by atoms with Crippen LogP contribution in [0, 0.1) is 0 Å². The molecule has 0 spiro atoms. The second-order valence-electron chi connectivity index (χ2n) is 4.13. The monoisotopic (exact) mass is 283 g/mol. The van der Waals surface area contributed by atoms with E-state index >= 15 is 0 Å². The Bertz CT molecular complexity index is 496. The van der Waals surface area contributed by atoms with Crippen LogP contribution in [-0.2, 0) is 9.09 Å². The smallest absolute Gasteiger partial charge is 0.316 e. The van der Waals surface area contributed by atoms with Crippen LogP contribution >= 0.6 is 8.25 Å². The first-order chi connectivity index (χ1) is 9.11. The van der Waals surface area contributed by atoms with Crippen molar-refractivity contribution in [1.82, 2.24) is 4.90 Å². The lowest BCUT2D eigenvalue weighted by Gasteiger charge is -2.13. The summed E-state index contributed by atoms with van der Waals surface area (Å²) >= 11 is 0. The summed E-state index contributed by atoms with van der Waals surface area (Å²) in [6.45, 7) is 0.444. The number of hydrogen-bond donors (Lipinski definition) is 1. The van der Waals surface area contributed by atoms with Crippen molar-refractivity contribution in [1.29, 1.82) is 0 Å². The van der Waals surface area contributed by atoms with Gasteiger partial charge in [0.15, 0.2) is 0 Å². The zero-order valence-electron chi connectivity index (χ0n) is 10.2. The Morgan fingerprint density at radius 3 is 2.21 bits per heavy atom. The molecule has 2 amide bonds. The van der Waals surface area contributed by atoms with Crippen molar-refractivity contribution in [3.05, 3.63) is 35.4 Å². The molecule has 1 N–H and O–H groups in total. The molecule has 0 saturated heterocycles. The van der Waals surface area contributed by atoms with Crippen LogP contribution < -0.4 is 0 Å². The van der Waals surface area contributed by atoms with Crippen LogP contribution in [0.1, 0.15) is 33.6 Å². The summed E-state index contributed by atoms with van der Waals surface area (Å²) in [4.78, 5) is 33.6. The fourth-order valence-electron chi connectivity index (χ4n) is 1.97. The van der Waals surface area contributed by atoms with Crippen LogP contribution in [0.5, 0.6) is 0 Å². The van der Waals surface area contributed by atoms with Gasteiger partial charge in [-0.2, -0.15) is 0 Å². The number of unbranched alkanes of at least 4 members (excludes halogenated alkanes) is 1. The maximum absolute atomic E-state index is 12.0. The number of carbonyl (C=O) groups is 2. The van der Waals surface area contributed by atoms with Gasteiger partial charge < -0.3 is 9.42 Å². The highest BCUT2D eigenvalue weighted by Gasteiger charge is 2.34. The maximum atomic E-state index is 12.0. The SMILES string of the molecule is O=C1c2ccccc2C(=O)N1CCCCO[PH](=O)O. The molecule has 0 radical (unpaired) electrons. The van der Waals surface area contributed by atoms with Crippen LogP contribution in [0.15, 0.2) is 24.3 Å². The van der Waals surface area contributed by atoms with Crippen LogP contribution in [0.2, 0.25) is 0 Å². The number of imide groups is 1. The zero-order chi connectivity index (χ0) is 13.8. The molecule has 102 valence electrons. The quantitative estimate of drug-likeness (QED) is 0.485. The summed E-state index contributed by atoms with van der Waals surface area (Å²) in [7, 11) is -2.90. The summed E-state index contributed by atoms with van der Waals surface area (Å²) in [6.07, 6.45) is 1.06. The van der Waals surface area contributed by atoms with Gasteiger partial charge in [-0.3, -0.25) is 19.1 Å². The highest BCUT2D eigenvalue weighted by molar-refractivity contribution is 7.32. The number of hydrogen-bond acceptors (Lipinski definition) is 4. The normalized spacial score (nSPS) is 15.7. The maximum Gasteiger partial charge on any atom is 0.316 e. The van der Waals surface area contributed by atoms with Crippen molar-refractivity contribution in [2.75, 3.05) is 13.2 Å². The number of amides is 2. The molecule has 1 aliphatic heterocycles. The molecule has 0 fully saturated rings. The lowest BCUT2D eigenvalue weighted by Crippen LogP contribution is -2.30. The van der Waals surface area contributed by atoms with Crippen LogP contribution in [-0.4, -0.2) is 34.8 Å². The Hall–Kier alpha value is -1.49. The van der Waals surface area contributed by atoms with E-state index < -0.39 is 8.25 Å². The fraction of sp³-hybridized carbons (Fsp3) is 0.333. The first-order valence-electron chi connectivity index (χ1n) is 5.92. The van der Waals surface area contributed by atoms with Gasteiger partial charge in [-0.1, -0.05) is 12.1 Å². The minimum Gasteiger partial charge on any atom is -0.326 e. The molecule has 19 heavy (non-hydrogen) atoms. The van der Waals surface area contributed by atoms with Crippen molar-refractivity contribution in [2.24, 2.45) is 0 Å². The Labute approximate surface area is 110 Å². The summed E-state index contributed by atoms with van der Waals surface area (Å²) in [6, 6.07) is 6.72. The molecule has 6 nitrogen and oxygen atoms in total. The van der Waals surface area contributed by atoms with Crippen molar-refractivity contribution >= 4 is 20.1 Å². The Balaban J connectivity index is 1.88. The lowest BCUT2D eigenvalue weighted by atomic mass is 10.1. The van der Waals surface area contributed by atoms with Gasteiger partial charge in [-0.15, -0.1) is 0 Å². The Morgan fingerprint density at radius 2 is 1.68 bits per heavy atom. The predicted molar refractivity (Wildman–Crippen MR) is 68.2 cm³/mol. The topological polar surface area (TPSA) is 83.9 Å². The third-order valence-electron chi connectivity index (χ3n) is 2.88. The number of fused-ring (bicyclic) bond motifs is 1. The van der Waals surface area contributed by atoms with Gasteiger partial charge in [0, 0.05) is 6.54 Å². The third-order valence-corrected chi connectivity index (χ3v) is 3.33. The molecule has 1 aliphatic rings. The van der Waals surface area contributed by atoms with Gasteiger partial charge in [0.2, 0.25) is 0 Å². The van der Waals surface area contributed by atoms with E-state index in [-0.39, 0.29) is 18.4 Å². The van der Waals surface area contributed by atoms with E-state index in [1.165, 1.54) is 4.90 Å². The summed E-state index contributed by atoms with van der Waals surface area (Å²) in [5.41, 5.74) is 0.869. The molecular formula is C12H14NO5P. The molecular weight excluding hydrogens is 269 g/mol. The van der Waals surface area contributed by atoms with Crippen molar-refractivity contribution in [3.63, 3.8) is 0 Å². The lowest BCUT2D eigenvalue weighted by molar-refractivity contribution is 0.0649. The van der Waals surface area contributed by atoms with Crippen molar-refractivity contribution in [2.45, 2.75) is 12.8 Å². The van der Waals surface area contributed by atoms with Crippen LogP contribution in [0.4, 0.5) is 0 Å². The highest BCUT2D eigenvalue weighted by Crippen LogP contribution is 2.22. The third kappa shape index (κ3) is 3.10. The zero-order valence-corrected chi connectivity index (χ0v) is 11.2. The van der Waals surface area contributed by atoms with E-state index in [0.717, 1.165) is 0 Å². The van der Waals surface area contributed by atoms with Crippen molar-refractivity contribution < 1.29 is 23.6 Å². The number of nitrogens with zero attached hydrogens (tertiary/aromatic N) is 1. The minimum atomic E-state index is -2.90. The standard InChI is InChI=1S/C12H14NO5P/c14-11-9-5-1-2-6-10(9)12(15)13(11)7-3-4-8-18-19(16)17/h1-2,5-6,19H,3-4,7-8H2,(H,16,17). The molecule has 0 saturated carbocycles. The molecule has 1 aromatic rings. The van der Waals surface area contributed by atoms with E-state index in [4.69, 9.17) is 4.89 Å². The molecule has 7 heteroatoms. The van der Waals surface area contributed by atoms with E-state index in [1.54, 1.807) is 24.3 Å². The molecule has 0 bridgehead atoms. The number of carbonyl (C=O) groups excluding carboxylic acids is 2. The Morgan fingerprint density at radius 1 is 1.11 bits per heavy atom. The fourth-order valence-corrected chi connectivity index (χ4v) is 2.29. The molecule has 0 aromatic heterocycles. The molecule has 1 atom stereocenters. The van der Waals surface area contributed by atoms with E-state index in [1.807, 2.05) is 0 Å². The second kappa shape index (κ2) is 6.10. The largest absolute Gasteiger partial charge is 0.326 e. The van der Waals surface area contributed by atoms with E-state index in [2.05, 4.69) is 4.52 Å². The number of benzene rings is 1. The second-order valence-corrected chi connectivity index (χ2v) is 4.95. The summed E-state index contributed by atoms with van der Waals surface area (Å²) < 4.78 is 14.9. The molecule has 1 unspecified atom stereocenters. The van der Waals surface area contributed by atoms with Gasteiger partial charge in [0.1, 0.15) is 0 Å². The number of rotatable bonds is 6. The van der Waals surface area contributed by atoms with E-state index in [0.29, 0.717) is 30.5 Å². The molecule has 2 rings (SSSR count). The van der Waals surface area contributed by atoms with Gasteiger partial charge in [-0.25, -0.2) is 0 Å². The summed E-state index contributed by atoms with van der Waals surface area (Å²) in [5, 5.41) is 0. The average Bonchev–Trinajstić information content (AvgIpc) is 2.63. The Kier molecular flexibility index (Phi) is 4.47. The first-order valence-corrected chi connectivity index (χ1v) is 7.18. The van der Waals surface area contributed by atoms with Gasteiger partial charge in [0.25, 0.3) is 11.8 Å². The molecule has 1 heterocycles. The average molecular weight is 283 g/mol. The molecule has 1 aromatic carbocycles. The van der Waals surface area contributed by atoms with Gasteiger partial charge in [0.05, 0.1) is 17.7 Å².